The number of unbranched alkanes of at least 4 members (excludes halogenated alkanes) is 1. The Morgan fingerprint density at radius 3 is 2.63 bits per heavy atom. The van der Waals surface area contributed by atoms with Crippen molar-refractivity contribution in [3.8, 4) is 0 Å². The van der Waals surface area contributed by atoms with Gasteiger partial charge in [-0.25, -0.2) is 0 Å². The molecule has 0 radical (unpaired) electrons. The maximum atomic E-state index is 6.24. The molecular formula is C16H32N2O. The average Bonchev–Trinajstić information content (AvgIpc) is 3.24. The second-order valence-corrected chi connectivity index (χ2v) is 6.44. The first-order valence-electron chi connectivity index (χ1n) is 8.34. The molecule has 0 amide bonds. The van der Waals surface area contributed by atoms with Crippen molar-refractivity contribution in [1.82, 2.24) is 4.90 Å². The zero-order valence-electron chi connectivity index (χ0n) is 12.9. The van der Waals surface area contributed by atoms with E-state index in [0.29, 0.717) is 6.10 Å². The van der Waals surface area contributed by atoms with Gasteiger partial charge in [0.1, 0.15) is 0 Å². The lowest BCUT2D eigenvalue weighted by Gasteiger charge is -2.48. The van der Waals surface area contributed by atoms with Crippen LogP contribution in [0.5, 0.6) is 0 Å². The molecule has 0 aromatic carbocycles. The summed E-state index contributed by atoms with van der Waals surface area (Å²) in [6.45, 7) is 7.47. The van der Waals surface area contributed by atoms with Crippen molar-refractivity contribution in [2.75, 3.05) is 19.7 Å². The van der Waals surface area contributed by atoms with Crippen molar-refractivity contribution < 1.29 is 4.74 Å². The highest BCUT2D eigenvalue weighted by atomic mass is 16.5. The second kappa shape index (κ2) is 7.05. The Bertz CT molecular complexity index is 265. The molecule has 1 saturated carbocycles. The molecule has 2 fully saturated rings. The highest BCUT2D eigenvalue weighted by Gasteiger charge is 2.45. The highest BCUT2D eigenvalue weighted by Crippen LogP contribution is 2.39. The van der Waals surface area contributed by atoms with Crippen LogP contribution in [0.4, 0.5) is 0 Å². The van der Waals surface area contributed by atoms with Crippen molar-refractivity contribution in [2.24, 2.45) is 5.73 Å². The summed E-state index contributed by atoms with van der Waals surface area (Å²) in [5.74, 6) is 0. The number of hydrogen-bond acceptors (Lipinski definition) is 3. The summed E-state index contributed by atoms with van der Waals surface area (Å²) in [6.07, 6.45) is 10.5. The molecule has 0 aromatic heterocycles. The summed E-state index contributed by atoms with van der Waals surface area (Å²) >= 11 is 0. The predicted molar refractivity (Wildman–Crippen MR) is 80.3 cm³/mol. The van der Waals surface area contributed by atoms with Crippen molar-refractivity contribution in [3.05, 3.63) is 0 Å². The van der Waals surface area contributed by atoms with E-state index in [1.165, 1.54) is 45.1 Å². The lowest BCUT2D eigenvalue weighted by atomic mass is 9.83. The molecule has 0 aromatic rings. The maximum absolute atomic E-state index is 6.24. The highest BCUT2D eigenvalue weighted by molar-refractivity contribution is 5.02. The number of ether oxygens (including phenoxy) is 1. The number of rotatable bonds is 8. The first kappa shape index (κ1) is 15.3. The van der Waals surface area contributed by atoms with Gasteiger partial charge in [-0.3, -0.25) is 4.90 Å². The minimum atomic E-state index is 0.231. The van der Waals surface area contributed by atoms with Gasteiger partial charge >= 0.3 is 0 Å². The predicted octanol–water partition coefficient (Wildman–Crippen LogP) is 2.93. The molecule has 19 heavy (non-hydrogen) atoms. The van der Waals surface area contributed by atoms with Crippen LogP contribution < -0.4 is 5.73 Å². The van der Waals surface area contributed by atoms with E-state index in [-0.39, 0.29) is 5.54 Å². The summed E-state index contributed by atoms with van der Waals surface area (Å²) in [5, 5.41) is 0. The molecule has 0 spiro atoms. The third-order valence-corrected chi connectivity index (χ3v) is 4.87. The van der Waals surface area contributed by atoms with E-state index >= 15 is 0 Å². The SMILES string of the molecule is CCCCN(C1CC1)C1(CN)CCOC(CCC)C1. The Morgan fingerprint density at radius 1 is 1.26 bits per heavy atom. The summed E-state index contributed by atoms with van der Waals surface area (Å²) in [4.78, 5) is 2.77. The van der Waals surface area contributed by atoms with Crippen LogP contribution in [0.1, 0.15) is 65.2 Å². The third-order valence-electron chi connectivity index (χ3n) is 4.87. The molecule has 3 nitrogen and oxygen atoms in total. The topological polar surface area (TPSA) is 38.5 Å². The van der Waals surface area contributed by atoms with Crippen LogP contribution in [-0.2, 0) is 4.74 Å². The van der Waals surface area contributed by atoms with Gasteiger partial charge in [0.25, 0.3) is 0 Å². The molecule has 1 heterocycles. The lowest BCUT2D eigenvalue weighted by Crippen LogP contribution is -2.59. The normalized spacial score (nSPS) is 31.9. The van der Waals surface area contributed by atoms with Crippen molar-refractivity contribution in [1.29, 1.82) is 0 Å². The molecule has 0 bridgehead atoms. The smallest absolute Gasteiger partial charge is 0.0593 e. The molecular weight excluding hydrogens is 236 g/mol. The quantitative estimate of drug-likeness (QED) is 0.735. The largest absolute Gasteiger partial charge is 0.378 e. The molecule has 2 N–H and O–H groups in total. The fourth-order valence-corrected chi connectivity index (χ4v) is 3.59. The van der Waals surface area contributed by atoms with E-state index in [9.17, 15) is 0 Å². The Hall–Kier alpha value is -0.120. The van der Waals surface area contributed by atoms with E-state index in [4.69, 9.17) is 10.5 Å². The van der Waals surface area contributed by atoms with Gasteiger partial charge in [0.2, 0.25) is 0 Å². The Kier molecular flexibility index (Phi) is 5.67. The summed E-state index contributed by atoms with van der Waals surface area (Å²) in [7, 11) is 0. The van der Waals surface area contributed by atoms with Gasteiger partial charge in [-0.2, -0.15) is 0 Å². The van der Waals surface area contributed by atoms with Crippen LogP contribution in [-0.4, -0.2) is 42.3 Å². The molecule has 2 unspecified atom stereocenters. The van der Waals surface area contributed by atoms with Crippen LogP contribution in [0.3, 0.4) is 0 Å². The van der Waals surface area contributed by atoms with Gasteiger partial charge in [-0.1, -0.05) is 26.7 Å². The number of hydrogen-bond donors (Lipinski definition) is 1. The minimum Gasteiger partial charge on any atom is -0.378 e. The van der Waals surface area contributed by atoms with E-state index in [0.717, 1.165) is 32.0 Å². The molecule has 2 rings (SSSR count). The van der Waals surface area contributed by atoms with Gasteiger partial charge < -0.3 is 10.5 Å². The fraction of sp³-hybridized carbons (Fsp3) is 1.00. The van der Waals surface area contributed by atoms with Gasteiger partial charge in [0.05, 0.1) is 6.10 Å². The lowest BCUT2D eigenvalue weighted by molar-refractivity contribution is -0.0769. The van der Waals surface area contributed by atoms with Crippen LogP contribution in [0.25, 0.3) is 0 Å². The van der Waals surface area contributed by atoms with E-state index in [1.54, 1.807) is 0 Å². The molecule has 1 aliphatic heterocycles. The Balaban J connectivity index is 2.04. The monoisotopic (exact) mass is 268 g/mol. The second-order valence-electron chi connectivity index (χ2n) is 6.44. The van der Waals surface area contributed by atoms with E-state index in [1.807, 2.05) is 0 Å². The van der Waals surface area contributed by atoms with Crippen molar-refractivity contribution in [2.45, 2.75) is 82.9 Å². The molecule has 2 aliphatic rings. The Labute approximate surface area is 118 Å². The van der Waals surface area contributed by atoms with E-state index < -0.39 is 0 Å². The fourth-order valence-electron chi connectivity index (χ4n) is 3.59. The third kappa shape index (κ3) is 3.71. The van der Waals surface area contributed by atoms with Gasteiger partial charge in [0.15, 0.2) is 0 Å². The van der Waals surface area contributed by atoms with E-state index in [2.05, 4.69) is 18.7 Å². The molecule has 1 saturated heterocycles. The van der Waals surface area contributed by atoms with Crippen molar-refractivity contribution in [3.63, 3.8) is 0 Å². The van der Waals surface area contributed by atoms with Crippen LogP contribution in [0, 0.1) is 0 Å². The Morgan fingerprint density at radius 2 is 2.05 bits per heavy atom. The first-order chi connectivity index (χ1) is 9.25. The molecule has 2 atom stereocenters. The van der Waals surface area contributed by atoms with Gasteiger partial charge in [-0.15, -0.1) is 0 Å². The average molecular weight is 268 g/mol. The standard InChI is InChI=1S/C16H32N2O/c1-3-5-10-18(14-7-8-14)16(13-17)9-11-19-15(12-16)6-4-2/h14-15H,3-13,17H2,1-2H3. The maximum Gasteiger partial charge on any atom is 0.0593 e. The summed E-state index contributed by atoms with van der Waals surface area (Å²) in [6, 6.07) is 0.815. The van der Waals surface area contributed by atoms with Crippen LogP contribution in [0.2, 0.25) is 0 Å². The van der Waals surface area contributed by atoms with Gasteiger partial charge in [-0.05, 0) is 45.1 Å². The van der Waals surface area contributed by atoms with Crippen LogP contribution in [0.15, 0.2) is 0 Å². The zero-order valence-corrected chi connectivity index (χ0v) is 12.9. The number of nitrogens with zero attached hydrogens (tertiary/aromatic N) is 1. The summed E-state index contributed by atoms with van der Waals surface area (Å²) < 4.78 is 5.95. The summed E-state index contributed by atoms with van der Waals surface area (Å²) in [5.41, 5.74) is 6.47. The zero-order chi connectivity index (χ0) is 13.7. The number of nitrogens with two attached hydrogens (primary N) is 1. The van der Waals surface area contributed by atoms with Crippen molar-refractivity contribution >= 4 is 0 Å². The minimum absolute atomic E-state index is 0.231. The van der Waals surface area contributed by atoms with Gasteiger partial charge in [0, 0.05) is 24.7 Å². The molecule has 112 valence electrons. The molecule has 1 aliphatic carbocycles. The first-order valence-corrected chi connectivity index (χ1v) is 8.34. The van der Waals surface area contributed by atoms with Crippen LogP contribution >= 0.6 is 0 Å². The molecule has 3 heteroatoms.